The van der Waals surface area contributed by atoms with Gasteiger partial charge >= 0.3 is 0 Å². The highest BCUT2D eigenvalue weighted by Gasteiger charge is 2.46. The Morgan fingerprint density at radius 2 is 1.67 bits per heavy atom. The number of benzene rings is 2. The van der Waals surface area contributed by atoms with Crippen molar-refractivity contribution in [2.24, 2.45) is 17.0 Å². The molecule has 136 valence electrons. The summed E-state index contributed by atoms with van der Waals surface area (Å²) in [5.74, 6) is 1.77. The van der Waals surface area contributed by atoms with Gasteiger partial charge in [-0.3, -0.25) is 0 Å². The summed E-state index contributed by atoms with van der Waals surface area (Å²) < 4.78 is 6.23. The van der Waals surface area contributed by atoms with Crippen molar-refractivity contribution in [2.45, 2.75) is 29.7 Å². The van der Waals surface area contributed by atoms with Gasteiger partial charge in [-0.1, -0.05) is 77.6 Å². The van der Waals surface area contributed by atoms with Crippen molar-refractivity contribution < 1.29 is 9.62 Å². The molecular weight excluding hydrogens is 356 g/mol. The first-order valence-corrected chi connectivity index (χ1v) is 10.2. The summed E-state index contributed by atoms with van der Waals surface area (Å²) in [6.45, 7) is 0. The summed E-state index contributed by atoms with van der Waals surface area (Å²) in [4.78, 5) is 4.83. The fourth-order valence-electron chi connectivity index (χ4n) is 4.37. The van der Waals surface area contributed by atoms with Crippen LogP contribution in [-0.2, 0) is 0 Å². The summed E-state index contributed by atoms with van der Waals surface area (Å²) in [6.07, 6.45) is 3.45. The maximum absolute atomic E-state index is 9.48. The van der Waals surface area contributed by atoms with Crippen LogP contribution in [0.1, 0.15) is 19.3 Å². The third kappa shape index (κ3) is 2.96. The Balaban J connectivity index is 1.54. The number of oxime groups is 1. The average molecular weight is 376 g/mol. The predicted octanol–water partition coefficient (Wildman–Crippen LogP) is 5.73. The molecular formula is C22H20N2O2S. The summed E-state index contributed by atoms with van der Waals surface area (Å²) in [7, 11) is 0. The van der Waals surface area contributed by atoms with E-state index in [2.05, 4.69) is 17.3 Å². The number of aromatic nitrogens is 1. The van der Waals surface area contributed by atoms with Crippen LogP contribution >= 0.6 is 11.8 Å². The van der Waals surface area contributed by atoms with Crippen molar-refractivity contribution in [1.29, 1.82) is 0 Å². The van der Waals surface area contributed by atoms with Crippen LogP contribution in [-0.4, -0.2) is 21.2 Å². The van der Waals surface area contributed by atoms with E-state index < -0.39 is 0 Å². The summed E-state index contributed by atoms with van der Waals surface area (Å²) in [5.41, 5.74) is 3.82. The molecule has 0 spiro atoms. The minimum atomic E-state index is 0.166. The zero-order valence-corrected chi connectivity index (χ0v) is 15.6. The molecule has 0 radical (unpaired) electrons. The number of rotatable bonds is 4. The van der Waals surface area contributed by atoms with E-state index in [1.165, 1.54) is 6.42 Å². The van der Waals surface area contributed by atoms with Gasteiger partial charge in [0.05, 0.1) is 11.0 Å². The second-order valence-corrected chi connectivity index (χ2v) is 8.32. The van der Waals surface area contributed by atoms with Gasteiger partial charge in [0.15, 0.2) is 5.76 Å². The topological polar surface area (TPSA) is 58.6 Å². The molecule has 0 unspecified atom stereocenters. The van der Waals surface area contributed by atoms with Crippen LogP contribution in [0, 0.1) is 11.8 Å². The maximum Gasteiger partial charge on any atom is 0.257 e. The fourth-order valence-corrected chi connectivity index (χ4v) is 5.66. The molecule has 5 rings (SSSR count). The zero-order chi connectivity index (χ0) is 18.2. The molecule has 1 aromatic heterocycles. The fraction of sp³-hybridized carbons (Fsp3) is 0.273. The molecule has 0 saturated heterocycles. The molecule has 2 fully saturated rings. The van der Waals surface area contributed by atoms with E-state index in [0.29, 0.717) is 17.1 Å². The first-order chi connectivity index (χ1) is 13.3. The lowest BCUT2D eigenvalue weighted by Crippen LogP contribution is -2.24. The molecule has 3 aromatic rings. The molecule has 2 aliphatic rings. The molecule has 2 aromatic carbocycles. The second kappa shape index (κ2) is 6.89. The van der Waals surface area contributed by atoms with E-state index in [-0.39, 0.29) is 5.25 Å². The Bertz CT molecular complexity index is 911. The van der Waals surface area contributed by atoms with E-state index in [9.17, 15) is 5.21 Å². The van der Waals surface area contributed by atoms with Crippen molar-refractivity contribution >= 4 is 17.5 Å². The lowest BCUT2D eigenvalue weighted by molar-refractivity contribution is 0.313. The SMILES string of the molecule is O/N=C1\[C@H]2CC[C@H](C2)[C@H]1Sc1nc(-c2ccccc2)c(-c2ccccc2)o1. The Labute approximate surface area is 162 Å². The third-order valence-electron chi connectivity index (χ3n) is 5.65. The van der Waals surface area contributed by atoms with Crippen LogP contribution in [0.5, 0.6) is 0 Å². The Hall–Kier alpha value is -2.53. The lowest BCUT2D eigenvalue weighted by Gasteiger charge is -2.20. The molecule has 4 nitrogen and oxygen atoms in total. The summed E-state index contributed by atoms with van der Waals surface area (Å²) >= 11 is 1.60. The van der Waals surface area contributed by atoms with Crippen LogP contribution in [0.25, 0.3) is 22.6 Å². The van der Waals surface area contributed by atoms with E-state index in [1.54, 1.807) is 11.8 Å². The third-order valence-corrected chi connectivity index (χ3v) is 6.90. The monoisotopic (exact) mass is 376 g/mol. The van der Waals surface area contributed by atoms with Gasteiger partial charge < -0.3 is 9.62 Å². The Kier molecular flexibility index (Phi) is 4.24. The smallest absolute Gasteiger partial charge is 0.257 e. The van der Waals surface area contributed by atoms with Crippen molar-refractivity contribution in [2.75, 3.05) is 0 Å². The predicted molar refractivity (Wildman–Crippen MR) is 107 cm³/mol. The molecule has 1 heterocycles. The molecule has 3 atom stereocenters. The molecule has 27 heavy (non-hydrogen) atoms. The zero-order valence-electron chi connectivity index (χ0n) is 14.8. The molecule has 0 aliphatic heterocycles. The second-order valence-electron chi connectivity index (χ2n) is 7.22. The Morgan fingerprint density at radius 3 is 2.37 bits per heavy atom. The van der Waals surface area contributed by atoms with Gasteiger partial charge in [-0.15, -0.1) is 0 Å². The average Bonchev–Trinajstić information content (AvgIpc) is 3.44. The first kappa shape index (κ1) is 16.6. The number of hydrogen-bond acceptors (Lipinski definition) is 5. The van der Waals surface area contributed by atoms with E-state index in [1.807, 2.05) is 48.5 Å². The van der Waals surface area contributed by atoms with Gasteiger partial charge in [-0.2, -0.15) is 0 Å². The minimum absolute atomic E-state index is 0.166. The summed E-state index contributed by atoms with van der Waals surface area (Å²) in [6, 6.07) is 20.2. The van der Waals surface area contributed by atoms with Crippen molar-refractivity contribution in [1.82, 2.24) is 4.98 Å². The van der Waals surface area contributed by atoms with Gasteiger partial charge in [0.2, 0.25) is 0 Å². The molecule has 2 bridgehead atoms. The molecule has 2 aliphatic carbocycles. The minimum Gasteiger partial charge on any atom is -0.431 e. The van der Waals surface area contributed by atoms with E-state index in [0.717, 1.165) is 41.1 Å². The molecule has 2 saturated carbocycles. The van der Waals surface area contributed by atoms with Gasteiger partial charge in [0.25, 0.3) is 5.22 Å². The highest BCUT2D eigenvalue weighted by atomic mass is 32.2. The standard InChI is InChI=1S/C22H20N2O2S/c25-24-19-16-11-12-17(13-16)21(19)27-22-23-18(14-7-3-1-4-8-14)20(26-22)15-9-5-2-6-10-15/h1-10,16-17,21,25H,11-13H2/b24-19+/t16-,17+,21+/m0/s1. The maximum atomic E-state index is 9.48. The molecule has 1 N–H and O–H groups in total. The number of fused-ring (bicyclic) bond motifs is 2. The van der Waals surface area contributed by atoms with Crippen molar-refractivity contribution in [3.63, 3.8) is 0 Å². The van der Waals surface area contributed by atoms with Crippen LogP contribution in [0.3, 0.4) is 0 Å². The van der Waals surface area contributed by atoms with Crippen LogP contribution < -0.4 is 0 Å². The lowest BCUT2D eigenvalue weighted by atomic mass is 9.98. The first-order valence-electron chi connectivity index (χ1n) is 9.33. The molecule has 5 heteroatoms. The number of oxazole rings is 1. The van der Waals surface area contributed by atoms with Gasteiger partial charge in [-0.25, -0.2) is 4.98 Å². The molecule has 0 amide bonds. The number of hydrogen-bond donors (Lipinski definition) is 1. The van der Waals surface area contributed by atoms with E-state index >= 15 is 0 Å². The summed E-state index contributed by atoms with van der Waals surface area (Å²) in [5, 5.41) is 13.9. The highest BCUT2D eigenvalue weighted by Crippen LogP contribution is 2.50. The van der Waals surface area contributed by atoms with Crippen LogP contribution in [0.2, 0.25) is 0 Å². The number of nitrogens with zero attached hydrogens (tertiary/aromatic N) is 2. The van der Waals surface area contributed by atoms with Gasteiger partial charge in [-0.05, 0) is 25.2 Å². The van der Waals surface area contributed by atoms with Crippen molar-refractivity contribution in [3.8, 4) is 22.6 Å². The van der Waals surface area contributed by atoms with Crippen LogP contribution in [0.15, 0.2) is 75.5 Å². The van der Waals surface area contributed by atoms with Gasteiger partial charge in [0, 0.05) is 17.0 Å². The van der Waals surface area contributed by atoms with Gasteiger partial charge in [0.1, 0.15) is 5.69 Å². The van der Waals surface area contributed by atoms with Crippen LogP contribution in [0.4, 0.5) is 0 Å². The van der Waals surface area contributed by atoms with Crippen molar-refractivity contribution in [3.05, 3.63) is 60.7 Å². The highest BCUT2D eigenvalue weighted by molar-refractivity contribution is 8.00. The Morgan fingerprint density at radius 1 is 0.963 bits per heavy atom. The largest absolute Gasteiger partial charge is 0.431 e. The van der Waals surface area contributed by atoms with E-state index in [4.69, 9.17) is 9.40 Å². The number of thioether (sulfide) groups is 1. The quantitative estimate of drug-likeness (QED) is 0.467. The normalized spacial score (nSPS) is 25.3.